The van der Waals surface area contributed by atoms with Crippen LogP contribution < -0.4 is 5.32 Å². The van der Waals surface area contributed by atoms with Crippen molar-refractivity contribution in [1.82, 2.24) is 10.2 Å². The third kappa shape index (κ3) is 5.24. The summed E-state index contributed by atoms with van der Waals surface area (Å²) in [5.41, 5.74) is 1.02. The maximum Gasteiger partial charge on any atom is 0.407 e. The fourth-order valence-electron chi connectivity index (χ4n) is 3.59. The van der Waals surface area contributed by atoms with Gasteiger partial charge in [-0.1, -0.05) is 50.1 Å². The Balaban J connectivity index is 1.45. The van der Waals surface area contributed by atoms with Gasteiger partial charge in [0.2, 0.25) is 0 Å². The fourth-order valence-corrected chi connectivity index (χ4v) is 3.59. The van der Waals surface area contributed by atoms with Gasteiger partial charge in [-0.2, -0.15) is 0 Å². The van der Waals surface area contributed by atoms with Crippen LogP contribution in [0.3, 0.4) is 0 Å². The molecule has 1 aliphatic carbocycles. The summed E-state index contributed by atoms with van der Waals surface area (Å²) in [6, 6.07) is 10.0. The Morgan fingerprint density at radius 1 is 1.22 bits per heavy atom. The number of hydrogen-bond donors (Lipinski definition) is 1. The first-order valence-electron chi connectivity index (χ1n) is 8.92. The molecule has 23 heavy (non-hydrogen) atoms. The first-order chi connectivity index (χ1) is 11.2. The van der Waals surface area contributed by atoms with E-state index in [0.717, 1.165) is 36.9 Å². The van der Waals surface area contributed by atoms with Gasteiger partial charge in [0.05, 0.1) is 0 Å². The van der Waals surface area contributed by atoms with Gasteiger partial charge >= 0.3 is 6.09 Å². The highest BCUT2D eigenvalue weighted by atomic mass is 16.5. The number of amides is 1. The van der Waals surface area contributed by atoms with E-state index in [1.54, 1.807) is 0 Å². The van der Waals surface area contributed by atoms with E-state index in [-0.39, 0.29) is 12.1 Å². The van der Waals surface area contributed by atoms with Crippen molar-refractivity contribution in [1.29, 1.82) is 0 Å². The SMILES string of the molecule is CCN1CC(CC2CC2)CC(NC(=O)OCc2ccccc2)C1. The molecule has 4 heteroatoms. The van der Waals surface area contributed by atoms with Crippen LogP contribution in [0, 0.1) is 11.8 Å². The zero-order valence-electron chi connectivity index (χ0n) is 14.0. The van der Waals surface area contributed by atoms with Gasteiger partial charge in [-0.3, -0.25) is 0 Å². The standard InChI is InChI=1S/C19H28N2O2/c1-2-21-12-17(10-15-8-9-15)11-18(13-21)20-19(22)23-14-16-6-4-3-5-7-16/h3-7,15,17-18H,2,8-14H2,1H3,(H,20,22). The Kier molecular flexibility index (Phi) is 5.55. The summed E-state index contributed by atoms with van der Waals surface area (Å²) < 4.78 is 5.36. The quantitative estimate of drug-likeness (QED) is 0.874. The Morgan fingerprint density at radius 2 is 2.00 bits per heavy atom. The van der Waals surface area contributed by atoms with E-state index < -0.39 is 0 Å². The summed E-state index contributed by atoms with van der Waals surface area (Å²) in [5, 5.41) is 3.07. The fraction of sp³-hybridized carbons (Fsp3) is 0.632. The second-order valence-electron chi connectivity index (χ2n) is 7.04. The van der Waals surface area contributed by atoms with Gasteiger partial charge in [0, 0.05) is 19.1 Å². The number of likely N-dealkylation sites (N-methyl/N-ethyl adjacent to an activating group) is 1. The normalized spacial score (nSPS) is 25.1. The number of alkyl carbamates (subject to hydrolysis) is 1. The Hall–Kier alpha value is -1.55. The van der Waals surface area contributed by atoms with Crippen molar-refractivity contribution >= 4 is 6.09 Å². The summed E-state index contributed by atoms with van der Waals surface area (Å²) in [5.74, 6) is 1.66. The van der Waals surface area contributed by atoms with Gasteiger partial charge in [-0.15, -0.1) is 0 Å². The predicted octanol–water partition coefficient (Wildman–Crippen LogP) is 3.42. The number of benzene rings is 1. The number of hydrogen-bond acceptors (Lipinski definition) is 3. The lowest BCUT2D eigenvalue weighted by atomic mass is 9.90. The number of carbonyl (C=O) groups is 1. The van der Waals surface area contributed by atoms with Crippen molar-refractivity contribution < 1.29 is 9.53 Å². The minimum absolute atomic E-state index is 0.218. The van der Waals surface area contributed by atoms with Gasteiger partial charge in [0.15, 0.2) is 0 Å². The predicted molar refractivity (Wildman–Crippen MR) is 91.1 cm³/mol. The van der Waals surface area contributed by atoms with E-state index in [2.05, 4.69) is 17.1 Å². The summed E-state index contributed by atoms with van der Waals surface area (Å²) in [4.78, 5) is 14.5. The maximum atomic E-state index is 12.1. The molecule has 0 spiro atoms. The molecule has 1 saturated heterocycles. The van der Waals surface area contributed by atoms with Gasteiger partial charge in [-0.05, 0) is 36.8 Å². The zero-order valence-corrected chi connectivity index (χ0v) is 14.0. The molecule has 0 bridgehead atoms. The number of likely N-dealkylation sites (tertiary alicyclic amines) is 1. The lowest BCUT2D eigenvalue weighted by Crippen LogP contribution is -2.50. The van der Waals surface area contributed by atoms with Crippen LogP contribution >= 0.6 is 0 Å². The number of nitrogens with one attached hydrogen (secondary N) is 1. The van der Waals surface area contributed by atoms with Crippen LogP contribution in [0.25, 0.3) is 0 Å². The second-order valence-corrected chi connectivity index (χ2v) is 7.04. The molecule has 1 heterocycles. The van der Waals surface area contributed by atoms with Crippen molar-refractivity contribution in [3.05, 3.63) is 35.9 Å². The van der Waals surface area contributed by atoms with Crippen LogP contribution in [0.2, 0.25) is 0 Å². The van der Waals surface area contributed by atoms with E-state index in [4.69, 9.17) is 4.74 Å². The summed E-state index contributed by atoms with van der Waals surface area (Å²) in [7, 11) is 0. The zero-order chi connectivity index (χ0) is 16.1. The van der Waals surface area contributed by atoms with Crippen LogP contribution in [0.4, 0.5) is 4.79 Å². The third-order valence-corrected chi connectivity index (χ3v) is 4.96. The van der Waals surface area contributed by atoms with Crippen LogP contribution in [-0.2, 0) is 11.3 Å². The van der Waals surface area contributed by atoms with Crippen molar-refractivity contribution in [3.63, 3.8) is 0 Å². The van der Waals surface area contributed by atoms with E-state index in [1.165, 1.54) is 25.8 Å². The van der Waals surface area contributed by atoms with Crippen molar-refractivity contribution in [2.75, 3.05) is 19.6 Å². The maximum absolute atomic E-state index is 12.1. The smallest absolute Gasteiger partial charge is 0.407 e. The molecule has 3 rings (SSSR count). The topological polar surface area (TPSA) is 41.6 Å². The molecule has 2 unspecified atom stereocenters. The highest BCUT2D eigenvalue weighted by Gasteiger charge is 2.32. The molecule has 1 aromatic rings. The molecule has 2 aliphatic rings. The van der Waals surface area contributed by atoms with E-state index in [0.29, 0.717) is 6.61 Å². The minimum atomic E-state index is -0.290. The lowest BCUT2D eigenvalue weighted by Gasteiger charge is -2.37. The first kappa shape index (κ1) is 16.3. The van der Waals surface area contributed by atoms with Crippen molar-refractivity contribution in [2.24, 2.45) is 11.8 Å². The number of nitrogens with zero attached hydrogens (tertiary/aromatic N) is 1. The molecule has 4 nitrogen and oxygen atoms in total. The van der Waals surface area contributed by atoms with E-state index >= 15 is 0 Å². The minimum Gasteiger partial charge on any atom is -0.445 e. The number of ether oxygens (including phenoxy) is 1. The molecule has 0 radical (unpaired) electrons. The molecule has 1 amide bonds. The summed E-state index contributed by atoms with van der Waals surface area (Å²) in [6.45, 7) is 5.72. The lowest BCUT2D eigenvalue weighted by molar-refractivity contribution is 0.109. The molecule has 1 N–H and O–H groups in total. The van der Waals surface area contributed by atoms with Gasteiger partial charge in [-0.25, -0.2) is 4.79 Å². The van der Waals surface area contributed by atoms with Gasteiger partial charge in [0.25, 0.3) is 0 Å². The highest BCUT2D eigenvalue weighted by molar-refractivity contribution is 5.67. The molecule has 1 saturated carbocycles. The molecule has 1 aromatic carbocycles. The van der Waals surface area contributed by atoms with Crippen LogP contribution in [-0.4, -0.2) is 36.7 Å². The van der Waals surface area contributed by atoms with Crippen LogP contribution in [0.15, 0.2) is 30.3 Å². The van der Waals surface area contributed by atoms with Gasteiger partial charge in [0.1, 0.15) is 6.61 Å². The monoisotopic (exact) mass is 316 g/mol. The average molecular weight is 316 g/mol. The molecule has 126 valence electrons. The van der Waals surface area contributed by atoms with Crippen LogP contribution in [0.5, 0.6) is 0 Å². The largest absolute Gasteiger partial charge is 0.445 e. The molecule has 2 fully saturated rings. The highest BCUT2D eigenvalue weighted by Crippen LogP contribution is 2.37. The molecule has 0 aromatic heterocycles. The molecule has 1 aliphatic heterocycles. The van der Waals surface area contributed by atoms with E-state index in [9.17, 15) is 4.79 Å². The summed E-state index contributed by atoms with van der Waals surface area (Å²) >= 11 is 0. The molecular formula is C19H28N2O2. The first-order valence-corrected chi connectivity index (χ1v) is 8.92. The Bertz CT molecular complexity index is 501. The molecular weight excluding hydrogens is 288 g/mol. The van der Waals surface area contributed by atoms with Gasteiger partial charge < -0.3 is 15.0 Å². The number of piperidine rings is 1. The Morgan fingerprint density at radius 3 is 2.70 bits per heavy atom. The van der Waals surface area contributed by atoms with E-state index in [1.807, 2.05) is 30.3 Å². The second kappa shape index (κ2) is 7.82. The summed E-state index contributed by atoms with van der Waals surface area (Å²) in [6.07, 6.45) is 4.93. The van der Waals surface area contributed by atoms with Crippen molar-refractivity contribution in [2.45, 2.75) is 45.3 Å². The third-order valence-electron chi connectivity index (χ3n) is 4.96. The molecule has 2 atom stereocenters. The number of rotatable bonds is 6. The van der Waals surface area contributed by atoms with Crippen molar-refractivity contribution in [3.8, 4) is 0 Å². The number of carbonyl (C=O) groups excluding carboxylic acids is 1. The van der Waals surface area contributed by atoms with Crippen LogP contribution in [0.1, 0.15) is 38.2 Å². The Labute approximate surface area is 139 Å². The average Bonchev–Trinajstić information content (AvgIpc) is 3.37.